The molecule has 0 saturated carbocycles. The Morgan fingerprint density at radius 2 is 1.45 bits per heavy atom. The van der Waals surface area contributed by atoms with Crippen molar-refractivity contribution >= 4 is 29.5 Å². The Morgan fingerprint density at radius 3 is 1.97 bits per heavy atom. The molecule has 0 radical (unpaired) electrons. The molecule has 0 aromatic carbocycles. The summed E-state index contributed by atoms with van der Waals surface area (Å²) in [5, 5.41) is 23.2. The number of carboxylic acids is 1. The van der Waals surface area contributed by atoms with E-state index in [-0.39, 0.29) is 5.75 Å². The van der Waals surface area contributed by atoms with Crippen LogP contribution in [0.2, 0.25) is 0 Å². The Kier molecular flexibility index (Phi) is 15.5. The monoisotopic (exact) mass is 454 g/mol. The molecule has 0 rings (SSSR count). The van der Waals surface area contributed by atoms with Crippen LogP contribution in [0.5, 0.6) is 0 Å². The van der Waals surface area contributed by atoms with Crippen molar-refractivity contribution in [2.75, 3.05) is 18.1 Å². The number of carboxylic acid groups (broad SMARTS) is 1. The van der Waals surface area contributed by atoms with Gasteiger partial charge in [-0.05, 0) is 53.4 Å². The predicted molar refractivity (Wildman–Crippen MR) is 127 cm³/mol. The molecule has 0 heterocycles. The molecule has 0 saturated heterocycles. The van der Waals surface area contributed by atoms with E-state index in [2.05, 4.69) is 56.6 Å². The fourth-order valence-corrected chi connectivity index (χ4v) is 3.61. The molecule has 2 amide bonds. The fourth-order valence-electron chi connectivity index (χ4n) is 2.61. The summed E-state index contributed by atoms with van der Waals surface area (Å²) in [6.07, 6.45) is 10.7. The lowest BCUT2D eigenvalue weighted by Gasteiger charge is -2.19. The summed E-state index contributed by atoms with van der Waals surface area (Å²) >= 11 is 1.40. The van der Waals surface area contributed by atoms with Crippen molar-refractivity contribution in [2.45, 2.75) is 72.4 Å². The van der Waals surface area contributed by atoms with Gasteiger partial charge in [-0.25, -0.2) is 4.79 Å². The maximum atomic E-state index is 12.1. The number of thioether (sulfide) groups is 1. The largest absolute Gasteiger partial charge is 0.480 e. The summed E-state index contributed by atoms with van der Waals surface area (Å²) in [5.74, 6) is -1.52. The third kappa shape index (κ3) is 15.4. The maximum absolute atomic E-state index is 12.1. The minimum atomic E-state index is -1.16. The van der Waals surface area contributed by atoms with Gasteiger partial charge < -0.3 is 20.8 Å². The van der Waals surface area contributed by atoms with E-state index >= 15 is 0 Å². The predicted octanol–water partition coefficient (Wildman–Crippen LogP) is 3.21. The van der Waals surface area contributed by atoms with E-state index in [9.17, 15) is 24.6 Å². The van der Waals surface area contributed by atoms with Gasteiger partial charge in [0.2, 0.25) is 11.8 Å². The standard InChI is InChI=1S/C23H38N2O5S/c1-16(2)8-6-9-17(3)10-7-11-18(4)12-13-31-15-21(23(29)30)25-22(28)20(14-26)24-19(5)27/h8,10,12,20-21,26H,6-7,9,11,13-15H2,1-5H3,(H,24,27)(H,25,28)(H,29,30)/b17-10+,18-12+. The molecule has 2 unspecified atom stereocenters. The van der Waals surface area contributed by atoms with Crippen LogP contribution in [0.4, 0.5) is 0 Å². The van der Waals surface area contributed by atoms with E-state index in [1.165, 1.54) is 35.4 Å². The van der Waals surface area contributed by atoms with E-state index in [1.807, 2.05) is 0 Å². The lowest BCUT2D eigenvalue weighted by Crippen LogP contribution is -2.53. The number of carbonyl (C=O) groups is 3. The average molecular weight is 455 g/mol. The maximum Gasteiger partial charge on any atom is 0.327 e. The Bertz CT molecular complexity index is 681. The van der Waals surface area contributed by atoms with Crippen LogP contribution in [-0.4, -0.2) is 58.2 Å². The molecule has 4 N–H and O–H groups in total. The van der Waals surface area contributed by atoms with Crippen LogP contribution < -0.4 is 10.6 Å². The van der Waals surface area contributed by atoms with E-state index < -0.39 is 36.5 Å². The second-order valence-corrected chi connectivity index (χ2v) is 8.91. The number of rotatable bonds is 15. The molecular formula is C23H38N2O5S. The van der Waals surface area contributed by atoms with Crippen LogP contribution >= 0.6 is 11.8 Å². The average Bonchev–Trinajstić information content (AvgIpc) is 2.67. The van der Waals surface area contributed by atoms with Gasteiger partial charge in [-0.15, -0.1) is 0 Å². The molecule has 0 aliphatic heterocycles. The molecule has 176 valence electrons. The lowest BCUT2D eigenvalue weighted by molar-refractivity contribution is -0.141. The molecule has 2 atom stereocenters. The highest BCUT2D eigenvalue weighted by Gasteiger charge is 2.25. The first-order valence-corrected chi connectivity index (χ1v) is 11.7. The zero-order valence-corrected chi connectivity index (χ0v) is 20.2. The van der Waals surface area contributed by atoms with Gasteiger partial charge in [0.25, 0.3) is 0 Å². The minimum Gasteiger partial charge on any atom is -0.480 e. The van der Waals surface area contributed by atoms with Gasteiger partial charge in [-0.1, -0.05) is 34.9 Å². The molecular weight excluding hydrogens is 416 g/mol. The third-order valence-corrected chi connectivity index (χ3v) is 5.42. The molecule has 0 fully saturated rings. The first-order valence-electron chi connectivity index (χ1n) is 10.5. The van der Waals surface area contributed by atoms with Crippen LogP contribution in [0.1, 0.15) is 60.3 Å². The van der Waals surface area contributed by atoms with Crippen LogP contribution in [0.25, 0.3) is 0 Å². The minimum absolute atomic E-state index is 0.187. The molecule has 0 aromatic rings. The zero-order chi connectivity index (χ0) is 23.8. The Balaban J connectivity index is 4.40. The molecule has 0 aliphatic rings. The van der Waals surface area contributed by atoms with Crippen molar-refractivity contribution in [1.82, 2.24) is 10.6 Å². The number of carbonyl (C=O) groups excluding carboxylic acids is 2. The van der Waals surface area contributed by atoms with Gasteiger partial charge in [0.05, 0.1) is 6.61 Å². The van der Waals surface area contributed by atoms with Gasteiger partial charge in [0, 0.05) is 18.4 Å². The van der Waals surface area contributed by atoms with Crippen LogP contribution in [0, 0.1) is 0 Å². The SMILES string of the molecule is CC(=O)NC(CO)C(=O)NC(CSC/C=C(\C)CC/C=C(\C)CCC=C(C)C)C(=O)O. The van der Waals surface area contributed by atoms with Gasteiger partial charge in [0.15, 0.2) is 0 Å². The third-order valence-electron chi connectivity index (χ3n) is 4.45. The van der Waals surface area contributed by atoms with E-state index in [0.29, 0.717) is 5.75 Å². The summed E-state index contributed by atoms with van der Waals surface area (Å²) in [7, 11) is 0. The van der Waals surface area contributed by atoms with Crippen LogP contribution in [0.3, 0.4) is 0 Å². The first-order chi connectivity index (χ1) is 14.6. The Hall–Kier alpha value is -2.06. The van der Waals surface area contributed by atoms with E-state index in [1.54, 1.807) is 0 Å². The van der Waals surface area contributed by atoms with Gasteiger partial charge >= 0.3 is 5.97 Å². The highest BCUT2D eigenvalue weighted by molar-refractivity contribution is 7.99. The number of hydrogen-bond acceptors (Lipinski definition) is 5. The summed E-state index contributed by atoms with van der Waals surface area (Å²) in [6, 6.07) is -2.26. The number of aliphatic hydroxyl groups is 1. The number of hydrogen-bond donors (Lipinski definition) is 4. The second kappa shape index (κ2) is 16.6. The Labute approximate surface area is 190 Å². The summed E-state index contributed by atoms with van der Waals surface area (Å²) in [4.78, 5) is 34.5. The smallest absolute Gasteiger partial charge is 0.327 e. The highest BCUT2D eigenvalue weighted by atomic mass is 32.2. The molecule has 7 nitrogen and oxygen atoms in total. The van der Waals surface area contributed by atoms with Crippen molar-refractivity contribution in [3.63, 3.8) is 0 Å². The quantitative estimate of drug-likeness (QED) is 0.223. The highest BCUT2D eigenvalue weighted by Crippen LogP contribution is 2.13. The van der Waals surface area contributed by atoms with Gasteiger partial charge in [-0.2, -0.15) is 11.8 Å². The molecule has 0 spiro atoms. The van der Waals surface area contributed by atoms with Crippen LogP contribution in [0.15, 0.2) is 34.9 Å². The summed E-state index contributed by atoms with van der Waals surface area (Å²) in [5.41, 5.74) is 3.97. The number of nitrogens with one attached hydrogen (secondary N) is 2. The molecule has 0 bridgehead atoms. The van der Waals surface area contributed by atoms with Crippen molar-refractivity contribution < 1.29 is 24.6 Å². The van der Waals surface area contributed by atoms with Crippen molar-refractivity contribution in [3.05, 3.63) is 34.9 Å². The number of amides is 2. The topological polar surface area (TPSA) is 116 Å². The number of allylic oxidation sites excluding steroid dienone is 5. The molecule has 0 aliphatic carbocycles. The summed E-state index contributed by atoms with van der Waals surface area (Å²) < 4.78 is 0. The number of aliphatic hydroxyl groups excluding tert-OH is 1. The molecule has 31 heavy (non-hydrogen) atoms. The van der Waals surface area contributed by atoms with Crippen molar-refractivity contribution in [2.24, 2.45) is 0 Å². The summed E-state index contributed by atoms with van der Waals surface area (Å²) in [6.45, 7) is 9.04. The zero-order valence-electron chi connectivity index (χ0n) is 19.4. The van der Waals surface area contributed by atoms with Crippen molar-refractivity contribution in [3.8, 4) is 0 Å². The van der Waals surface area contributed by atoms with Gasteiger partial charge in [-0.3, -0.25) is 9.59 Å². The second-order valence-electron chi connectivity index (χ2n) is 7.83. The normalized spacial score (nSPS) is 13.9. The van der Waals surface area contributed by atoms with E-state index in [0.717, 1.165) is 25.7 Å². The Morgan fingerprint density at radius 1 is 0.871 bits per heavy atom. The lowest BCUT2D eigenvalue weighted by atomic mass is 10.1. The molecule has 0 aromatic heterocycles. The molecule has 8 heteroatoms. The first kappa shape index (κ1) is 28.9. The van der Waals surface area contributed by atoms with Crippen LogP contribution in [-0.2, 0) is 14.4 Å². The van der Waals surface area contributed by atoms with Crippen molar-refractivity contribution in [1.29, 1.82) is 0 Å². The fraction of sp³-hybridized carbons (Fsp3) is 0.609. The van der Waals surface area contributed by atoms with Gasteiger partial charge in [0.1, 0.15) is 12.1 Å². The number of aliphatic carboxylic acids is 1. The van der Waals surface area contributed by atoms with E-state index in [4.69, 9.17) is 0 Å².